The highest BCUT2D eigenvalue weighted by atomic mass is 32.2. The lowest BCUT2D eigenvalue weighted by Gasteiger charge is -1.89. The first-order valence-electron chi connectivity index (χ1n) is 5.93. The number of aryl methyl sites for hydroxylation is 1. The van der Waals surface area contributed by atoms with E-state index in [1.807, 2.05) is 50.2 Å². The van der Waals surface area contributed by atoms with E-state index in [1.165, 1.54) is 10.5 Å². The fourth-order valence-corrected chi connectivity index (χ4v) is 1.52. The summed E-state index contributed by atoms with van der Waals surface area (Å²) in [5, 5.41) is 0. The SMILES string of the molecule is CC.CSc1ccccc1.Cc1ccccc1. The molecule has 0 aliphatic heterocycles. The van der Waals surface area contributed by atoms with Crippen molar-refractivity contribution in [2.75, 3.05) is 6.26 Å². The Bertz CT molecular complexity index is 354. The van der Waals surface area contributed by atoms with Crippen molar-refractivity contribution in [3.63, 3.8) is 0 Å². The second-order valence-corrected chi connectivity index (χ2v) is 4.05. The Balaban J connectivity index is 0.000000265. The molecule has 1 heteroatoms. The predicted octanol–water partition coefficient (Wildman–Crippen LogP) is 5.43. The smallest absolute Gasteiger partial charge is 0.00691 e. The van der Waals surface area contributed by atoms with Crippen LogP contribution in [0.1, 0.15) is 19.4 Å². The van der Waals surface area contributed by atoms with Gasteiger partial charge in [-0.25, -0.2) is 0 Å². The maximum absolute atomic E-state index is 2.10. The van der Waals surface area contributed by atoms with Crippen LogP contribution >= 0.6 is 11.8 Å². The van der Waals surface area contributed by atoms with Gasteiger partial charge in [0.15, 0.2) is 0 Å². The minimum absolute atomic E-state index is 1.32. The Hall–Kier alpha value is -1.21. The number of thioether (sulfide) groups is 1. The van der Waals surface area contributed by atoms with Gasteiger partial charge in [0.05, 0.1) is 0 Å². The fraction of sp³-hybridized carbons (Fsp3) is 0.250. The van der Waals surface area contributed by atoms with Gasteiger partial charge in [0.1, 0.15) is 0 Å². The summed E-state index contributed by atoms with van der Waals surface area (Å²) >= 11 is 1.77. The number of benzene rings is 2. The van der Waals surface area contributed by atoms with Crippen LogP contribution in [0.25, 0.3) is 0 Å². The van der Waals surface area contributed by atoms with Gasteiger partial charge in [-0.15, -0.1) is 11.8 Å². The summed E-state index contributed by atoms with van der Waals surface area (Å²) in [7, 11) is 0. The van der Waals surface area contributed by atoms with E-state index in [1.54, 1.807) is 11.8 Å². The van der Waals surface area contributed by atoms with Crippen molar-refractivity contribution in [2.24, 2.45) is 0 Å². The molecule has 0 spiro atoms. The van der Waals surface area contributed by atoms with E-state index in [0.29, 0.717) is 0 Å². The molecule has 0 fully saturated rings. The molecule has 0 aromatic heterocycles. The molecule has 0 bridgehead atoms. The van der Waals surface area contributed by atoms with Gasteiger partial charge < -0.3 is 0 Å². The summed E-state index contributed by atoms with van der Waals surface area (Å²) in [4.78, 5) is 1.33. The molecule has 0 amide bonds. The second-order valence-electron chi connectivity index (χ2n) is 3.17. The highest BCUT2D eigenvalue weighted by Gasteiger charge is 1.80. The maximum Gasteiger partial charge on any atom is 0.00691 e. The standard InChI is InChI=1S/C7H8S.C7H8.C2H6/c1-8-7-5-3-2-4-6-7;1-7-5-3-2-4-6-7;1-2/h2-6H,1H3;2-6H,1H3;1-2H3. The summed E-state index contributed by atoms with van der Waals surface area (Å²) in [6.45, 7) is 6.08. The third kappa shape index (κ3) is 8.58. The van der Waals surface area contributed by atoms with Crippen LogP contribution in [-0.2, 0) is 0 Å². The topological polar surface area (TPSA) is 0 Å². The largest absolute Gasteiger partial charge is 0.130 e. The van der Waals surface area contributed by atoms with Crippen LogP contribution in [0, 0.1) is 6.92 Å². The lowest BCUT2D eigenvalue weighted by molar-refractivity contribution is 1.47. The lowest BCUT2D eigenvalue weighted by Crippen LogP contribution is -1.62. The summed E-state index contributed by atoms with van der Waals surface area (Å²) in [6, 6.07) is 20.6. The molecule has 2 rings (SSSR count). The molecule has 2 aromatic rings. The van der Waals surface area contributed by atoms with Gasteiger partial charge in [0.2, 0.25) is 0 Å². The average Bonchev–Trinajstić information content (AvgIpc) is 2.43. The van der Waals surface area contributed by atoms with Crippen LogP contribution in [0.3, 0.4) is 0 Å². The number of rotatable bonds is 1. The van der Waals surface area contributed by atoms with Gasteiger partial charge in [0.25, 0.3) is 0 Å². The molecular weight excluding hydrogens is 224 g/mol. The van der Waals surface area contributed by atoms with Crippen LogP contribution in [0.15, 0.2) is 65.6 Å². The van der Waals surface area contributed by atoms with Gasteiger partial charge in [0, 0.05) is 4.90 Å². The van der Waals surface area contributed by atoms with E-state index >= 15 is 0 Å². The van der Waals surface area contributed by atoms with E-state index in [9.17, 15) is 0 Å². The number of hydrogen-bond acceptors (Lipinski definition) is 1. The van der Waals surface area contributed by atoms with Crippen LogP contribution in [0.2, 0.25) is 0 Å². The van der Waals surface area contributed by atoms with E-state index in [0.717, 1.165) is 0 Å². The molecule has 0 radical (unpaired) electrons. The average molecular weight is 246 g/mol. The first kappa shape index (κ1) is 15.8. The minimum atomic E-state index is 1.32. The molecule has 0 nitrogen and oxygen atoms in total. The highest BCUT2D eigenvalue weighted by molar-refractivity contribution is 7.98. The number of hydrogen-bond donors (Lipinski definition) is 0. The van der Waals surface area contributed by atoms with Gasteiger partial charge in [-0.3, -0.25) is 0 Å². The molecule has 17 heavy (non-hydrogen) atoms. The predicted molar refractivity (Wildman–Crippen MR) is 80.8 cm³/mol. The zero-order valence-corrected chi connectivity index (χ0v) is 12.0. The lowest BCUT2D eigenvalue weighted by atomic mass is 10.2. The van der Waals surface area contributed by atoms with Gasteiger partial charge in [-0.2, -0.15) is 0 Å². The summed E-state index contributed by atoms with van der Waals surface area (Å²) < 4.78 is 0. The van der Waals surface area contributed by atoms with Crippen molar-refractivity contribution in [1.82, 2.24) is 0 Å². The highest BCUT2D eigenvalue weighted by Crippen LogP contribution is 2.11. The summed E-state index contributed by atoms with van der Waals surface area (Å²) in [6.07, 6.45) is 2.08. The van der Waals surface area contributed by atoms with Gasteiger partial charge in [-0.1, -0.05) is 67.9 Å². The first-order valence-corrected chi connectivity index (χ1v) is 7.16. The monoisotopic (exact) mass is 246 g/mol. The third-order valence-electron chi connectivity index (χ3n) is 1.92. The zero-order chi connectivity index (χ0) is 12.9. The molecule has 0 heterocycles. The van der Waals surface area contributed by atoms with Crippen molar-refractivity contribution >= 4 is 11.8 Å². The summed E-state index contributed by atoms with van der Waals surface area (Å²) in [5.74, 6) is 0. The quantitative estimate of drug-likeness (QED) is 0.605. The van der Waals surface area contributed by atoms with Crippen LogP contribution in [0.5, 0.6) is 0 Å². The Morgan fingerprint density at radius 1 is 0.706 bits per heavy atom. The van der Waals surface area contributed by atoms with Crippen LogP contribution in [-0.4, -0.2) is 6.26 Å². The van der Waals surface area contributed by atoms with Gasteiger partial charge >= 0.3 is 0 Å². The molecule has 2 aromatic carbocycles. The molecule has 0 aliphatic rings. The van der Waals surface area contributed by atoms with Crippen molar-refractivity contribution in [3.05, 3.63) is 66.2 Å². The molecular formula is C16H22S. The Morgan fingerprint density at radius 2 is 1.12 bits per heavy atom. The van der Waals surface area contributed by atoms with E-state index < -0.39 is 0 Å². The van der Waals surface area contributed by atoms with Crippen molar-refractivity contribution in [1.29, 1.82) is 0 Å². The van der Waals surface area contributed by atoms with Crippen LogP contribution in [0.4, 0.5) is 0 Å². The van der Waals surface area contributed by atoms with Gasteiger partial charge in [-0.05, 0) is 25.3 Å². The zero-order valence-electron chi connectivity index (χ0n) is 11.2. The van der Waals surface area contributed by atoms with E-state index in [-0.39, 0.29) is 0 Å². The van der Waals surface area contributed by atoms with E-state index in [4.69, 9.17) is 0 Å². The fourth-order valence-electron chi connectivity index (χ4n) is 1.09. The maximum atomic E-state index is 2.10. The molecule has 0 aliphatic carbocycles. The summed E-state index contributed by atoms with van der Waals surface area (Å²) in [5.41, 5.74) is 1.32. The normalized spacial score (nSPS) is 8.24. The Labute approximate surface area is 110 Å². The third-order valence-corrected chi connectivity index (χ3v) is 2.66. The second kappa shape index (κ2) is 11.3. The molecule has 0 saturated heterocycles. The molecule has 0 N–H and O–H groups in total. The molecule has 0 atom stereocenters. The molecule has 92 valence electrons. The van der Waals surface area contributed by atoms with Crippen molar-refractivity contribution in [3.8, 4) is 0 Å². The minimum Gasteiger partial charge on any atom is -0.130 e. The van der Waals surface area contributed by atoms with E-state index in [2.05, 4.69) is 37.4 Å². The Kier molecular flexibility index (Phi) is 10.5. The Morgan fingerprint density at radius 3 is 1.35 bits per heavy atom. The first-order chi connectivity index (χ1) is 8.33. The van der Waals surface area contributed by atoms with Crippen LogP contribution < -0.4 is 0 Å². The molecule has 0 unspecified atom stereocenters. The van der Waals surface area contributed by atoms with Crippen molar-refractivity contribution < 1.29 is 0 Å². The van der Waals surface area contributed by atoms with Crippen molar-refractivity contribution in [2.45, 2.75) is 25.7 Å². The molecule has 0 saturated carbocycles.